The summed E-state index contributed by atoms with van der Waals surface area (Å²) in [7, 11) is 4.11. The lowest BCUT2D eigenvalue weighted by molar-refractivity contribution is -0.122. The number of carboxylic acid groups (broad SMARTS) is 1. The van der Waals surface area contributed by atoms with Crippen molar-refractivity contribution < 1.29 is 9.90 Å². The first-order valence-corrected chi connectivity index (χ1v) is 3.02. The van der Waals surface area contributed by atoms with Gasteiger partial charge in [0, 0.05) is 6.54 Å². The molecule has 0 aromatic carbocycles. The molecule has 0 heterocycles. The van der Waals surface area contributed by atoms with Crippen LogP contribution in [-0.2, 0) is 4.79 Å². The zero-order valence-electron chi connectivity index (χ0n) is 6.74. The number of nitrogens with zero attached hydrogens (tertiary/aromatic N) is 1. The lowest BCUT2D eigenvalue weighted by Gasteiger charge is -2.02. The van der Waals surface area contributed by atoms with Gasteiger partial charge in [-0.15, -0.1) is 0 Å². The van der Waals surface area contributed by atoms with Crippen molar-refractivity contribution in [1.29, 1.82) is 0 Å². The van der Waals surface area contributed by atoms with E-state index in [-0.39, 0.29) is 6.47 Å². The molecule has 0 saturated carbocycles. The first kappa shape index (κ1) is 11.9. The van der Waals surface area contributed by atoms with Crippen LogP contribution in [0.3, 0.4) is 0 Å². The lowest BCUT2D eigenvalue weighted by Crippen LogP contribution is -2.10. The average molecular weight is 145 g/mol. The van der Waals surface area contributed by atoms with Crippen LogP contribution >= 0.6 is 0 Å². The quantitative estimate of drug-likeness (QED) is 0.462. The standard InChI is InChI=1S/C6H13N.CH2O2/c1-4-5-6-7(2)3;2-1-3/h4-5H,6H2,1-3H3;1H,(H,2,3)/b5-4+;. The second-order valence-electron chi connectivity index (χ2n) is 1.94. The van der Waals surface area contributed by atoms with Crippen LogP contribution in [0.2, 0.25) is 0 Å². The van der Waals surface area contributed by atoms with E-state index in [4.69, 9.17) is 9.90 Å². The summed E-state index contributed by atoms with van der Waals surface area (Å²) < 4.78 is 0. The third kappa shape index (κ3) is 27.2. The minimum atomic E-state index is -0.250. The summed E-state index contributed by atoms with van der Waals surface area (Å²) in [6, 6.07) is 0. The zero-order valence-corrected chi connectivity index (χ0v) is 6.74. The van der Waals surface area contributed by atoms with Crippen molar-refractivity contribution in [3.05, 3.63) is 12.2 Å². The predicted octanol–water partition coefficient (Wildman–Crippen LogP) is 0.825. The van der Waals surface area contributed by atoms with Crippen molar-refractivity contribution >= 4 is 6.47 Å². The van der Waals surface area contributed by atoms with Crippen LogP contribution in [0.5, 0.6) is 0 Å². The Morgan fingerprint density at radius 3 is 2.00 bits per heavy atom. The smallest absolute Gasteiger partial charge is 0.290 e. The van der Waals surface area contributed by atoms with Gasteiger partial charge < -0.3 is 10.0 Å². The van der Waals surface area contributed by atoms with Crippen LogP contribution in [0.25, 0.3) is 0 Å². The normalized spacial score (nSPS) is 9.20. The average Bonchev–Trinajstić information content (AvgIpc) is 1.85. The number of carbonyl (C=O) groups is 1. The molecule has 0 aliphatic heterocycles. The Bertz CT molecular complexity index is 89.6. The van der Waals surface area contributed by atoms with E-state index in [1.54, 1.807) is 0 Å². The molecule has 0 aliphatic rings. The molecule has 0 amide bonds. The Morgan fingerprint density at radius 2 is 1.90 bits per heavy atom. The molecule has 0 atom stereocenters. The van der Waals surface area contributed by atoms with E-state index in [2.05, 4.69) is 31.1 Å². The van der Waals surface area contributed by atoms with Gasteiger partial charge in [0.2, 0.25) is 0 Å². The summed E-state index contributed by atoms with van der Waals surface area (Å²) >= 11 is 0. The van der Waals surface area contributed by atoms with Gasteiger partial charge >= 0.3 is 0 Å². The van der Waals surface area contributed by atoms with Crippen molar-refractivity contribution in [2.24, 2.45) is 0 Å². The molecule has 0 spiro atoms. The van der Waals surface area contributed by atoms with Gasteiger partial charge in [-0.2, -0.15) is 0 Å². The van der Waals surface area contributed by atoms with Crippen molar-refractivity contribution in [3.63, 3.8) is 0 Å². The molecule has 0 rings (SSSR count). The van der Waals surface area contributed by atoms with Gasteiger partial charge in [-0.3, -0.25) is 4.79 Å². The van der Waals surface area contributed by atoms with Gasteiger partial charge in [-0.05, 0) is 21.0 Å². The summed E-state index contributed by atoms with van der Waals surface area (Å²) in [6.45, 7) is 2.83. The van der Waals surface area contributed by atoms with E-state index in [0.29, 0.717) is 0 Å². The molecule has 60 valence electrons. The minimum absolute atomic E-state index is 0.250. The number of hydrogen-bond donors (Lipinski definition) is 1. The summed E-state index contributed by atoms with van der Waals surface area (Å²) in [5.41, 5.74) is 0. The second-order valence-corrected chi connectivity index (χ2v) is 1.94. The summed E-state index contributed by atoms with van der Waals surface area (Å²) in [4.78, 5) is 10.5. The van der Waals surface area contributed by atoms with Gasteiger partial charge in [0.25, 0.3) is 6.47 Å². The van der Waals surface area contributed by atoms with E-state index in [0.717, 1.165) is 6.54 Å². The Labute approximate surface area is 62.0 Å². The van der Waals surface area contributed by atoms with Crippen LogP contribution in [0, 0.1) is 0 Å². The van der Waals surface area contributed by atoms with Crippen LogP contribution in [-0.4, -0.2) is 37.1 Å². The summed E-state index contributed by atoms with van der Waals surface area (Å²) in [5, 5.41) is 6.89. The van der Waals surface area contributed by atoms with E-state index in [1.807, 2.05) is 6.92 Å². The summed E-state index contributed by atoms with van der Waals surface area (Å²) in [5.74, 6) is 0. The van der Waals surface area contributed by atoms with E-state index in [1.165, 1.54) is 0 Å². The number of likely N-dealkylation sites (N-methyl/N-ethyl adjacent to an activating group) is 1. The molecule has 0 fully saturated rings. The Hall–Kier alpha value is -0.830. The molecular formula is C7H15NO2. The fourth-order valence-corrected chi connectivity index (χ4v) is 0.316. The first-order valence-electron chi connectivity index (χ1n) is 3.02. The van der Waals surface area contributed by atoms with Gasteiger partial charge in [0.05, 0.1) is 0 Å². The van der Waals surface area contributed by atoms with Gasteiger partial charge in [-0.25, -0.2) is 0 Å². The molecule has 0 aromatic rings. The Morgan fingerprint density at radius 1 is 1.50 bits per heavy atom. The maximum Gasteiger partial charge on any atom is 0.290 e. The molecule has 1 N–H and O–H groups in total. The van der Waals surface area contributed by atoms with Crippen LogP contribution in [0.4, 0.5) is 0 Å². The maximum atomic E-state index is 8.36. The Balaban J connectivity index is 0. The van der Waals surface area contributed by atoms with Crippen molar-refractivity contribution in [2.45, 2.75) is 6.92 Å². The van der Waals surface area contributed by atoms with Crippen molar-refractivity contribution in [2.75, 3.05) is 20.6 Å². The third-order valence-electron chi connectivity index (χ3n) is 0.706. The molecule has 0 bridgehead atoms. The topological polar surface area (TPSA) is 40.5 Å². The molecule has 10 heavy (non-hydrogen) atoms. The molecule has 0 aromatic heterocycles. The monoisotopic (exact) mass is 145 g/mol. The SMILES string of the molecule is C/C=C/CN(C)C.O=CO. The van der Waals surface area contributed by atoms with E-state index < -0.39 is 0 Å². The fourth-order valence-electron chi connectivity index (χ4n) is 0.316. The molecule has 0 saturated heterocycles. The molecular weight excluding hydrogens is 130 g/mol. The van der Waals surface area contributed by atoms with Crippen molar-refractivity contribution in [3.8, 4) is 0 Å². The predicted molar refractivity (Wildman–Crippen MR) is 42.1 cm³/mol. The minimum Gasteiger partial charge on any atom is -0.483 e. The Kier molecular flexibility index (Phi) is 13.1. The highest BCUT2D eigenvalue weighted by Gasteiger charge is 1.77. The molecule has 3 heteroatoms. The van der Waals surface area contributed by atoms with Gasteiger partial charge in [-0.1, -0.05) is 12.2 Å². The molecule has 0 radical (unpaired) electrons. The van der Waals surface area contributed by atoms with Gasteiger partial charge in [0.15, 0.2) is 0 Å². The van der Waals surface area contributed by atoms with Crippen LogP contribution in [0.15, 0.2) is 12.2 Å². The summed E-state index contributed by atoms with van der Waals surface area (Å²) in [6.07, 6.45) is 4.18. The van der Waals surface area contributed by atoms with E-state index in [9.17, 15) is 0 Å². The molecule has 0 aliphatic carbocycles. The van der Waals surface area contributed by atoms with Gasteiger partial charge in [0.1, 0.15) is 0 Å². The van der Waals surface area contributed by atoms with Crippen LogP contribution < -0.4 is 0 Å². The number of allylic oxidation sites excluding steroid dienone is 1. The largest absolute Gasteiger partial charge is 0.483 e. The highest BCUT2D eigenvalue weighted by Crippen LogP contribution is 1.74. The fraction of sp³-hybridized carbons (Fsp3) is 0.571. The highest BCUT2D eigenvalue weighted by molar-refractivity contribution is 5.32. The molecule has 0 unspecified atom stereocenters. The third-order valence-corrected chi connectivity index (χ3v) is 0.706. The first-order chi connectivity index (χ1) is 4.68. The zero-order chi connectivity index (χ0) is 8.41. The lowest BCUT2D eigenvalue weighted by atomic mass is 10.5. The van der Waals surface area contributed by atoms with Crippen LogP contribution in [0.1, 0.15) is 6.92 Å². The number of hydrogen-bond acceptors (Lipinski definition) is 2. The second kappa shape index (κ2) is 11.0. The highest BCUT2D eigenvalue weighted by atomic mass is 16.3. The van der Waals surface area contributed by atoms with Crippen molar-refractivity contribution in [1.82, 2.24) is 4.90 Å². The van der Waals surface area contributed by atoms with E-state index >= 15 is 0 Å². The number of rotatable bonds is 2. The maximum absolute atomic E-state index is 8.36. The molecule has 3 nitrogen and oxygen atoms in total.